The monoisotopic (exact) mass is 864 g/mol. The number of anilines is 1. The standard InChI is InChI=1S/C41H55ClF2N6O8S/c1-20-30-19-50(31(20)34(51)48-41(18-25(41)33(43)44)37(53)49-59(55,56)40(5)13-14-40)36(52)32(39(2,3)4)47-38(54)58-29-16-21-15-24(21)23(29)9-7-6-8-10-27-35(57-30)46-28-17-22(42)11-12-26(28)45-27/h6,8,11-12,17,20-21,23-25,27,29-34,45,48,51H,7,9-10,13-16,18-19H2,1-5H3,(H,47,54)(H,49,53)/t20-,21+,23-,24+,25+,27?,29-,30+,31+,32-,34?,41-/m1/s1. The van der Waals surface area contributed by atoms with Crippen LogP contribution in [0.1, 0.15) is 86.0 Å². The molecule has 2 bridgehead atoms. The highest BCUT2D eigenvalue weighted by Gasteiger charge is 2.67. The number of rotatable bonds is 7. The van der Waals surface area contributed by atoms with Gasteiger partial charge in [-0.2, -0.15) is 0 Å². The number of alkyl halides is 2. The van der Waals surface area contributed by atoms with Crippen molar-refractivity contribution in [3.8, 4) is 0 Å². The third-order valence-electron chi connectivity index (χ3n) is 13.9. The lowest BCUT2D eigenvalue weighted by Gasteiger charge is -2.38. The quantitative estimate of drug-likeness (QED) is 0.180. The third-order valence-corrected chi connectivity index (χ3v) is 16.3. The Morgan fingerprint density at radius 3 is 2.53 bits per heavy atom. The first kappa shape index (κ1) is 42.2. The Labute approximate surface area is 348 Å². The smallest absolute Gasteiger partial charge is 0.408 e. The van der Waals surface area contributed by atoms with E-state index in [1.54, 1.807) is 39.8 Å². The van der Waals surface area contributed by atoms with Crippen LogP contribution < -0.4 is 20.7 Å². The van der Waals surface area contributed by atoms with Gasteiger partial charge in [0.1, 0.15) is 36.1 Å². The summed E-state index contributed by atoms with van der Waals surface area (Å²) in [5, 5.41) is 21.6. The van der Waals surface area contributed by atoms with Crippen LogP contribution in [-0.4, -0.2) is 102 Å². The van der Waals surface area contributed by atoms with Crippen molar-refractivity contribution in [3.05, 3.63) is 35.4 Å². The number of sulfonamides is 1. The van der Waals surface area contributed by atoms with Crippen LogP contribution in [-0.2, 0) is 29.1 Å². The van der Waals surface area contributed by atoms with Gasteiger partial charge in [-0.05, 0) is 99.7 Å². The van der Waals surface area contributed by atoms with Crippen molar-refractivity contribution in [2.24, 2.45) is 40.0 Å². The predicted octanol–water partition coefficient (Wildman–Crippen LogP) is 5.23. The lowest BCUT2D eigenvalue weighted by molar-refractivity contribution is -0.141. The summed E-state index contributed by atoms with van der Waals surface area (Å²) in [5.41, 5.74) is -1.72. The normalized spacial score (nSPS) is 36.8. The average Bonchev–Trinajstić information content (AvgIpc) is 4.10. The second-order valence-corrected chi connectivity index (χ2v) is 21.8. The molecule has 0 radical (unpaired) electrons. The molecule has 4 aliphatic carbocycles. The van der Waals surface area contributed by atoms with Crippen molar-refractivity contribution in [2.45, 2.75) is 139 Å². The van der Waals surface area contributed by atoms with Crippen LogP contribution in [0.2, 0.25) is 5.02 Å². The summed E-state index contributed by atoms with van der Waals surface area (Å²) in [6.45, 7) is 8.43. The van der Waals surface area contributed by atoms with Crippen molar-refractivity contribution >= 4 is 56.8 Å². The zero-order valence-electron chi connectivity index (χ0n) is 33.9. The van der Waals surface area contributed by atoms with Crippen LogP contribution >= 0.6 is 11.6 Å². The molecule has 59 heavy (non-hydrogen) atoms. The number of fused-ring (bicyclic) bond motifs is 7. The van der Waals surface area contributed by atoms with Crippen molar-refractivity contribution < 1.29 is 46.2 Å². The van der Waals surface area contributed by atoms with Crippen molar-refractivity contribution in [3.63, 3.8) is 0 Å². The van der Waals surface area contributed by atoms with E-state index in [4.69, 9.17) is 26.1 Å². The molecule has 3 heterocycles. The minimum atomic E-state index is -4.21. The SMILES string of the molecule is C[C@@H]1[C@@H]2CN(C(=O)[C@H](C(C)(C)C)NC(=O)O[C@@H]3C[C@@H]4C[C@@H]4[C@H]3CCC=CCC3Nc4ccc(Cl)cc4N=C3O2)[C@@H]1C(O)N[C@]1(C(=O)NS(=O)(=O)C2(C)CC2)C[C@H]1C(F)F. The Kier molecular flexibility index (Phi) is 10.8. The third kappa shape index (κ3) is 8.05. The van der Waals surface area contributed by atoms with Gasteiger partial charge in [0, 0.05) is 16.9 Å². The van der Waals surface area contributed by atoms with Gasteiger partial charge in [0.25, 0.3) is 5.91 Å². The first-order valence-electron chi connectivity index (χ1n) is 20.8. The van der Waals surface area contributed by atoms with Gasteiger partial charge in [0.05, 0.1) is 28.7 Å². The molecule has 4 saturated carbocycles. The lowest BCUT2D eigenvalue weighted by Crippen LogP contribution is -2.63. The fourth-order valence-electron chi connectivity index (χ4n) is 9.72. The molecule has 1 saturated heterocycles. The Morgan fingerprint density at radius 2 is 1.85 bits per heavy atom. The van der Waals surface area contributed by atoms with Gasteiger partial charge in [-0.15, -0.1) is 0 Å². The molecule has 324 valence electrons. The highest BCUT2D eigenvalue weighted by molar-refractivity contribution is 7.91. The molecule has 2 unspecified atom stereocenters. The maximum Gasteiger partial charge on any atom is 0.408 e. The number of aliphatic imine (C=N–C) groups is 1. The minimum Gasteiger partial charge on any atom is -0.474 e. The van der Waals surface area contributed by atoms with E-state index in [1.807, 2.05) is 10.8 Å². The fourth-order valence-corrected chi connectivity index (χ4v) is 11.2. The molecule has 7 aliphatic rings. The molecule has 18 heteroatoms. The molecule has 14 nitrogen and oxygen atoms in total. The van der Waals surface area contributed by atoms with Crippen LogP contribution in [0.5, 0.6) is 0 Å². The Morgan fingerprint density at radius 1 is 1.10 bits per heavy atom. The topological polar surface area (TPSA) is 188 Å². The van der Waals surface area contributed by atoms with E-state index in [2.05, 4.69) is 28.1 Å². The van der Waals surface area contributed by atoms with Gasteiger partial charge in [-0.1, -0.05) is 51.4 Å². The maximum absolute atomic E-state index is 14.9. The summed E-state index contributed by atoms with van der Waals surface area (Å²) in [5.74, 6) is -2.63. The Balaban J connectivity index is 1.14. The lowest BCUT2D eigenvalue weighted by atomic mass is 9.85. The van der Waals surface area contributed by atoms with Gasteiger partial charge in [-0.3, -0.25) is 19.6 Å². The van der Waals surface area contributed by atoms with Crippen LogP contribution in [0, 0.1) is 35.0 Å². The van der Waals surface area contributed by atoms with Gasteiger partial charge in [0.2, 0.25) is 28.3 Å². The highest BCUT2D eigenvalue weighted by atomic mass is 35.5. The van der Waals surface area contributed by atoms with Crippen molar-refractivity contribution in [1.82, 2.24) is 20.3 Å². The van der Waals surface area contributed by atoms with E-state index >= 15 is 0 Å². The van der Waals surface area contributed by atoms with Crippen molar-refractivity contribution in [1.29, 1.82) is 0 Å². The van der Waals surface area contributed by atoms with Crippen molar-refractivity contribution in [2.75, 3.05) is 11.9 Å². The summed E-state index contributed by atoms with van der Waals surface area (Å²) >= 11 is 6.35. The van der Waals surface area contributed by atoms with E-state index in [-0.39, 0.29) is 18.6 Å². The number of carbonyl (C=O) groups is 3. The van der Waals surface area contributed by atoms with Crippen LogP contribution in [0.25, 0.3) is 0 Å². The van der Waals surface area contributed by atoms with E-state index in [1.165, 1.54) is 11.8 Å². The van der Waals surface area contributed by atoms with E-state index in [0.29, 0.717) is 47.7 Å². The summed E-state index contributed by atoms with van der Waals surface area (Å²) in [6.07, 6.45) is 1.62. The van der Waals surface area contributed by atoms with Crippen LogP contribution in [0.15, 0.2) is 35.3 Å². The molecule has 0 spiro atoms. The second-order valence-electron chi connectivity index (χ2n) is 19.1. The number of ether oxygens (including phenoxy) is 2. The zero-order chi connectivity index (χ0) is 42.4. The number of amides is 3. The summed E-state index contributed by atoms with van der Waals surface area (Å²) in [7, 11) is -4.21. The molecule has 5 fully saturated rings. The molecule has 0 aromatic heterocycles. The second kappa shape index (κ2) is 15.1. The largest absolute Gasteiger partial charge is 0.474 e. The highest BCUT2D eigenvalue weighted by Crippen LogP contribution is 2.58. The molecule has 1 aromatic carbocycles. The number of alkyl carbamates (subject to hydrolysis) is 1. The number of hydrogen-bond acceptors (Lipinski definition) is 11. The zero-order valence-corrected chi connectivity index (χ0v) is 35.5. The summed E-state index contributed by atoms with van der Waals surface area (Å²) in [4.78, 5) is 48.5. The number of nitrogens with zero attached hydrogens (tertiary/aromatic N) is 2. The Bertz CT molecular complexity index is 2050. The molecule has 12 atom stereocenters. The number of aliphatic hydroxyl groups is 1. The van der Waals surface area contributed by atoms with Gasteiger partial charge in [-0.25, -0.2) is 27.0 Å². The maximum atomic E-state index is 14.9. The van der Waals surface area contributed by atoms with E-state index < -0.39 is 98.8 Å². The molecular weight excluding hydrogens is 810 g/mol. The number of halogens is 3. The average molecular weight is 865 g/mol. The first-order valence-corrected chi connectivity index (χ1v) is 22.6. The molecule has 5 N–H and O–H groups in total. The van der Waals surface area contributed by atoms with Crippen LogP contribution in [0.3, 0.4) is 0 Å². The van der Waals surface area contributed by atoms with Gasteiger partial charge in [0.15, 0.2) is 0 Å². The van der Waals surface area contributed by atoms with Crippen LogP contribution in [0.4, 0.5) is 25.0 Å². The van der Waals surface area contributed by atoms with E-state index in [0.717, 1.165) is 31.4 Å². The molecule has 3 aliphatic heterocycles. The number of benzene rings is 1. The minimum absolute atomic E-state index is 0.116. The Hall–Kier alpha value is -3.54. The van der Waals surface area contributed by atoms with Gasteiger partial charge < -0.3 is 30.1 Å². The molecule has 1 aromatic rings. The number of nitrogens with one attached hydrogen (secondary N) is 4. The molecule has 8 rings (SSSR count). The molecular formula is C41H55ClF2N6O8S. The van der Waals surface area contributed by atoms with Gasteiger partial charge >= 0.3 is 6.09 Å². The fraction of sp³-hybridized carbons (Fsp3) is 0.707. The summed E-state index contributed by atoms with van der Waals surface area (Å²) in [6, 6.07) is 2.50. The van der Waals surface area contributed by atoms with E-state index in [9.17, 15) is 36.7 Å². The first-order chi connectivity index (χ1) is 27.7. The predicted molar refractivity (Wildman–Crippen MR) is 216 cm³/mol. The molecule has 3 amide bonds. The number of carbonyl (C=O) groups excluding carboxylic acids is 3. The number of hydrogen-bond donors (Lipinski definition) is 5. The number of allylic oxidation sites excluding steroid dienone is 1. The number of aliphatic hydroxyl groups excluding tert-OH is 1. The summed E-state index contributed by atoms with van der Waals surface area (Å²) < 4.78 is 68.5.